The molecule has 0 spiro atoms. The number of piperidine rings is 1. The normalized spacial score (nSPS) is 15.2. The van der Waals surface area contributed by atoms with E-state index < -0.39 is 0 Å². The standard InChI is InChI=1S/C18H24N4O3/c1-3-15-16(21-25-17(15)19)12-7-9-22(10-8-12)18(23)20-13-5-4-6-14(11-13)24-2/h4-6,11-12H,3,7-10,19H2,1-2H3,(H,20,23). The minimum Gasteiger partial charge on any atom is -0.497 e. The van der Waals surface area contributed by atoms with Crippen LogP contribution in [0.2, 0.25) is 0 Å². The number of anilines is 2. The maximum Gasteiger partial charge on any atom is 0.321 e. The van der Waals surface area contributed by atoms with E-state index in [9.17, 15) is 4.79 Å². The lowest BCUT2D eigenvalue weighted by Gasteiger charge is -2.31. The molecule has 0 unspecified atom stereocenters. The number of ether oxygens (including phenoxy) is 1. The Morgan fingerprint density at radius 3 is 2.88 bits per heavy atom. The van der Waals surface area contributed by atoms with Gasteiger partial charge in [0.25, 0.3) is 0 Å². The van der Waals surface area contributed by atoms with Crippen molar-refractivity contribution in [2.45, 2.75) is 32.1 Å². The van der Waals surface area contributed by atoms with Gasteiger partial charge >= 0.3 is 6.03 Å². The van der Waals surface area contributed by atoms with Crippen LogP contribution < -0.4 is 15.8 Å². The molecular formula is C18H24N4O3. The number of likely N-dealkylation sites (tertiary alicyclic amines) is 1. The van der Waals surface area contributed by atoms with E-state index in [2.05, 4.69) is 10.5 Å². The van der Waals surface area contributed by atoms with E-state index in [1.165, 1.54) is 0 Å². The van der Waals surface area contributed by atoms with Crippen molar-refractivity contribution in [2.24, 2.45) is 0 Å². The lowest BCUT2D eigenvalue weighted by atomic mass is 9.90. The average Bonchev–Trinajstić information content (AvgIpc) is 3.02. The minimum absolute atomic E-state index is 0.0953. The molecule has 1 aliphatic rings. The zero-order chi connectivity index (χ0) is 17.8. The van der Waals surface area contributed by atoms with Crippen molar-refractivity contribution in [3.05, 3.63) is 35.5 Å². The summed E-state index contributed by atoms with van der Waals surface area (Å²) in [6, 6.07) is 7.25. The van der Waals surface area contributed by atoms with E-state index in [-0.39, 0.29) is 11.9 Å². The SMILES string of the molecule is CCc1c(C2CCN(C(=O)Nc3cccc(OC)c3)CC2)noc1N. The number of nitrogens with two attached hydrogens (primary N) is 1. The third-order valence-electron chi connectivity index (χ3n) is 4.69. The van der Waals surface area contributed by atoms with Crippen LogP contribution in [0.5, 0.6) is 5.75 Å². The van der Waals surface area contributed by atoms with Crippen LogP contribution in [0.4, 0.5) is 16.4 Å². The fourth-order valence-electron chi connectivity index (χ4n) is 3.27. The number of amides is 2. The van der Waals surface area contributed by atoms with Crippen molar-refractivity contribution >= 4 is 17.6 Å². The summed E-state index contributed by atoms with van der Waals surface area (Å²) in [4.78, 5) is 14.3. The highest BCUT2D eigenvalue weighted by molar-refractivity contribution is 5.89. The van der Waals surface area contributed by atoms with Crippen LogP contribution in [0.1, 0.15) is 36.9 Å². The molecule has 3 rings (SSSR count). The monoisotopic (exact) mass is 344 g/mol. The second kappa shape index (κ2) is 7.46. The van der Waals surface area contributed by atoms with Crippen molar-refractivity contribution in [1.29, 1.82) is 0 Å². The molecule has 0 bridgehead atoms. The average molecular weight is 344 g/mol. The highest BCUT2D eigenvalue weighted by Gasteiger charge is 2.28. The summed E-state index contributed by atoms with van der Waals surface area (Å²) in [6.07, 6.45) is 2.51. The number of urea groups is 1. The van der Waals surface area contributed by atoms with Crippen LogP contribution in [0.25, 0.3) is 0 Å². The smallest absolute Gasteiger partial charge is 0.321 e. The van der Waals surface area contributed by atoms with Gasteiger partial charge in [0.1, 0.15) is 5.75 Å². The summed E-state index contributed by atoms with van der Waals surface area (Å²) in [5.74, 6) is 1.42. The van der Waals surface area contributed by atoms with E-state index in [4.69, 9.17) is 15.0 Å². The molecule has 134 valence electrons. The Balaban J connectivity index is 1.59. The first-order valence-corrected chi connectivity index (χ1v) is 8.56. The Morgan fingerprint density at radius 1 is 1.44 bits per heavy atom. The van der Waals surface area contributed by atoms with Gasteiger partial charge in [-0.1, -0.05) is 18.1 Å². The molecular weight excluding hydrogens is 320 g/mol. The zero-order valence-electron chi connectivity index (χ0n) is 14.6. The molecule has 0 radical (unpaired) electrons. The molecule has 2 aromatic rings. The Bertz CT molecular complexity index is 736. The number of carbonyl (C=O) groups excluding carboxylic acids is 1. The Morgan fingerprint density at radius 2 is 2.20 bits per heavy atom. The van der Waals surface area contributed by atoms with Gasteiger partial charge in [-0.2, -0.15) is 0 Å². The first-order valence-electron chi connectivity index (χ1n) is 8.56. The number of benzene rings is 1. The van der Waals surface area contributed by atoms with Gasteiger partial charge in [-0.25, -0.2) is 4.79 Å². The van der Waals surface area contributed by atoms with Gasteiger partial charge in [0.2, 0.25) is 5.88 Å². The lowest BCUT2D eigenvalue weighted by Crippen LogP contribution is -2.40. The lowest BCUT2D eigenvalue weighted by molar-refractivity contribution is 0.193. The second-order valence-electron chi connectivity index (χ2n) is 6.19. The van der Waals surface area contributed by atoms with Crippen LogP contribution in [0, 0.1) is 0 Å². The summed E-state index contributed by atoms with van der Waals surface area (Å²) in [5.41, 5.74) is 8.51. The molecule has 1 aromatic carbocycles. The number of hydrogen-bond donors (Lipinski definition) is 2. The minimum atomic E-state index is -0.0953. The zero-order valence-corrected chi connectivity index (χ0v) is 14.6. The fraction of sp³-hybridized carbons (Fsp3) is 0.444. The molecule has 1 aromatic heterocycles. The van der Waals surface area contributed by atoms with E-state index in [0.717, 1.165) is 36.2 Å². The molecule has 2 heterocycles. The van der Waals surface area contributed by atoms with Crippen LogP contribution in [-0.4, -0.2) is 36.3 Å². The fourth-order valence-corrected chi connectivity index (χ4v) is 3.27. The van der Waals surface area contributed by atoms with Gasteiger partial charge < -0.3 is 25.2 Å². The van der Waals surface area contributed by atoms with Gasteiger partial charge in [-0.3, -0.25) is 0 Å². The van der Waals surface area contributed by atoms with E-state index >= 15 is 0 Å². The first kappa shape index (κ1) is 17.1. The summed E-state index contributed by atoms with van der Waals surface area (Å²) in [6.45, 7) is 3.40. The van der Waals surface area contributed by atoms with Crippen molar-refractivity contribution in [3.8, 4) is 5.75 Å². The van der Waals surface area contributed by atoms with Crippen LogP contribution in [-0.2, 0) is 6.42 Å². The van der Waals surface area contributed by atoms with Gasteiger partial charge in [-0.15, -0.1) is 0 Å². The number of aromatic nitrogens is 1. The quantitative estimate of drug-likeness (QED) is 0.888. The molecule has 7 heteroatoms. The molecule has 7 nitrogen and oxygen atoms in total. The molecule has 25 heavy (non-hydrogen) atoms. The number of methoxy groups -OCH3 is 1. The number of carbonyl (C=O) groups is 1. The van der Waals surface area contributed by atoms with Gasteiger partial charge in [0, 0.05) is 36.3 Å². The van der Waals surface area contributed by atoms with E-state index in [1.54, 1.807) is 13.2 Å². The molecule has 1 aliphatic heterocycles. The number of rotatable bonds is 4. The predicted molar refractivity (Wildman–Crippen MR) is 95.9 cm³/mol. The molecule has 1 fully saturated rings. The molecule has 1 saturated heterocycles. The first-order chi connectivity index (χ1) is 12.1. The maximum atomic E-state index is 12.5. The third-order valence-corrected chi connectivity index (χ3v) is 4.69. The second-order valence-corrected chi connectivity index (χ2v) is 6.19. The van der Waals surface area contributed by atoms with Crippen LogP contribution >= 0.6 is 0 Å². The highest BCUT2D eigenvalue weighted by atomic mass is 16.5. The Hall–Kier alpha value is -2.70. The predicted octanol–water partition coefficient (Wildman–Crippen LogP) is 3.24. The van der Waals surface area contributed by atoms with Gasteiger partial charge in [0.05, 0.1) is 12.8 Å². The van der Waals surface area contributed by atoms with Crippen molar-refractivity contribution in [3.63, 3.8) is 0 Å². The Labute approximate surface area is 147 Å². The third kappa shape index (κ3) is 3.70. The maximum absolute atomic E-state index is 12.5. The van der Waals surface area contributed by atoms with Gasteiger partial charge in [-0.05, 0) is 31.4 Å². The topological polar surface area (TPSA) is 93.6 Å². The molecule has 2 amide bonds. The summed E-state index contributed by atoms with van der Waals surface area (Å²) in [7, 11) is 1.60. The summed E-state index contributed by atoms with van der Waals surface area (Å²) >= 11 is 0. The summed E-state index contributed by atoms with van der Waals surface area (Å²) < 4.78 is 10.3. The van der Waals surface area contributed by atoms with Crippen molar-refractivity contribution in [1.82, 2.24) is 10.1 Å². The number of hydrogen-bond acceptors (Lipinski definition) is 5. The van der Waals surface area contributed by atoms with Crippen molar-refractivity contribution < 1.29 is 14.1 Å². The molecule has 0 saturated carbocycles. The number of nitrogens with zero attached hydrogens (tertiary/aromatic N) is 2. The highest BCUT2D eigenvalue weighted by Crippen LogP contribution is 2.32. The molecule has 0 aliphatic carbocycles. The van der Waals surface area contributed by atoms with Crippen LogP contribution in [0.15, 0.2) is 28.8 Å². The van der Waals surface area contributed by atoms with Crippen molar-refractivity contribution in [2.75, 3.05) is 31.2 Å². The number of nitrogen functional groups attached to an aromatic ring is 1. The number of nitrogens with one attached hydrogen (secondary N) is 1. The summed E-state index contributed by atoms with van der Waals surface area (Å²) in [5, 5.41) is 7.05. The Kier molecular flexibility index (Phi) is 5.11. The largest absolute Gasteiger partial charge is 0.497 e. The van der Waals surface area contributed by atoms with Crippen LogP contribution in [0.3, 0.4) is 0 Å². The molecule has 3 N–H and O–H groups in total. The van der Waals surface area contributed by atoms with E-state index in [0.29, 0.717) is 24.7 Å². The van der Waals surface area contributed by atoms with Gasteiger partial charge in [0.15, 0.2) is 0 Å². The van der Waals surface area contributed by atoms with E-state index in [1.807, 2.05) is 30.0 Å². The molecule has 0 atom stereocenters.